The fraction of sp³-hybridized carbons (Fsp3) is 0.500. The zero-order chi connectivity index (χ0) is 19.1. The summed E-state index contributed by atoms with van der Waals surface area (Å²) in [5, 5.41) is 13.9. The molecule has 0 radical (unpaired) electrons. The van der Waals surface area contributed by atoms with Crippen LogP contribution < -0.4 is 10.9 Å². The van der Waals surface area contributed by atoms with E-state index in [0.717, 1.165) is 25.9 Å². The van der Waals surface area contributed by atoms with Gasteiger partial charge in [0.25, 0.3) is 11.5 Å². The second-order valence-corrected chi connectivity index (χ2v) is 6.33. The molecular weight excluding hydrogens is 330 g/mol. The molecule has 6 nitrogen and oxygen atoms in total. The number of benzene rings is 1. The highest BCUT2D eigenvalue weighted by molar-refractivity contribution is 6.02. The Labute approximate surface area is 154 Å². The number of aromatic hydroxyl groups is 1. The fourth-order valence-corrected chi connectivity index (χ4v) is 3.09. The van der Waals surface area contributed by atoms with Gasteiger partial charge in [0, 0.05) is 25.0 Å². The number of nitrogens with zero attached hydrogens (tertiary/aromatic N) is 2. The van der Waals surface area contributed by atoms with E-state index in [2.05, 4.69) is 31.0 Å². The molecule has 0 atom stereocenters. The van der Waals surface area contributed by atoms with E-state index in [4.69, 9.17) is 0 Å². The molecule has 0 aliphatic heterocycles. The van der Waals surface area contributed by atoms with Crippen LogP contribution in [0.1, 0.15) is 44.0 Å². The average molecular weight is 359 g/mol. The molecule has 1 aromatic carbocycles. The smallest absolute Gasteiger partial charge is 0.267 e. The SMILES string of the molecule is CCCCn1c(=O)c(C(=O)NCCN(CC)CC)c(O)c2ccccc21. The van der Waals surface area contributed by atoms with Crippen molar-refractivity contribution in [3.8, 4) is 5.75 Å². The average Bonchev–Trinajstić information content (AvgIpc) is 2.65. The van der Waals surface area contributed by atoms with Crippen molar-refractivity contribution in [1.29, 1.82) is 0 Å². The first-order chi connectivity index (χ1) is 12.5. The first-order valence-corrected chi connectivity index (χ1v) is 9.40. The maximum atomic E-state index is 12.9. The van der Waals surface area contributed by atoms with Crippen LogP contribution in [-0.2, 0) is 6.54 Å². The molecule has 142 valence electrons. The van der Waals surface area contributed by atoms with Gasteiger partial charge in [-0.2, -0.15) is 0 Å². The quantitative estimate of drug-likeness (QED) is 0.722. The van der Waals surface area contributed by atoms with Gasteiger partial charge in [-0.1, -0.05) is 39.3 Å². The van der Waals surface area contributed by atoms with Gasteiger partial charge in [0.15, 0.2) is 0 Å². The molecule has 6 heteroatoms. The Morgan fingerprint density at radius 1 is 1.19 bits per heavy atom. The van der Waals surface area contributed by atoms with E-state index in [-0.39, 0.29) is 11.3 Å². The van der Waals surface area contributed by atoms with Gasteiger partial charge in [-0.05, 0) is 31.6 Å². The van der Waals surface area contributed by atoms with E-state index in [1.54, 1.807) is 22.8 Å². The van der Waals surface area contributed by atoms with E-state index in [1.807, 2.05) is 6.07 Å². The van der Waals surface area contributed by atoms with Crippen molar-refractivity contribution in [1.82, 2.24) is 14.8 Å². The van der Waals surface area contributed by atoms with E-state index in [9.17, 15) is 14.7 Å². The molecule has 0 saturated carbocycles. The number of carbonyl (C=O) groups is 1. The van der Waals surface area contributed by atoms with Gasteiger partial charge in [0.1, 0.15) is 11.3 Å². The minimum absolute atomic E-state index is 0.167. The lowest BCUT2D eigenvalue weighted by atomic mass is 10.1. The summed E-state index contributed by atoms with van der Waals surface area (Å²) >= 11 is 0. The lowest BCUT2D eigenvalue weighted by molar-refractivity contribution is 0.0944. The number of hydrogen-bond acceptors (Lipinski definition) is 4. The standard InChI is InChI=1S/C20H29N3O3/c1-4-7-13-23-16-11-9-8-10-15(16)18(24)17(20(23)26)19(25)21-12-14-22(5-2)6-3/h8-11,24H,4-7,12-14H2,1-3H3,(H,21,25). The Balaban J connectivity index is 2.37. The molecule has 1 heterocycles. The number of pyridine rings is 1. The molecule has 2 aromatic rings. The van der Waals surface area contributed by atoms with Crippen LogP contribution in [0, 0.1) is 0 Å². The molecule has 2 N–H and O–H groups in total. The molecule has 2 rings (SSSR count). The number of hydrogen-bond donors (Lipinski definition) is 2. The van der Waals surface area contributed by atoms with Crippen molar-refractivity contribution < 1.29 is 9.90 Å². The number of likely N-dealkylation sites (N-methyl/N-ethyl adjacent to an activating group) is 1. The Bertz CT molecular complexity index is 810. The normalized spacial score (nSPS) is 11.2. The van der Waals surface area contributed by atoms with Gasteiger partial charge in [0.05, 0.1) is 5.52 Å². The molecule has 0 unspecified atom stereocenters. The predicted octanol–water partition coefficient (Wildman–Crippen LogP) is 2.58. The van der Waals surface area contributed by atoms with Crippen LogP contribution in [0.3, 0.4) is 0 Å². The molecule has 0 saturated heterocycles. The summed E-state index contributed by atoms with van der Waals surface area (Å²) in [5.74, 6) is -0.755. The van der Waals surface area contributed by atoms with Crippen LogP contribution in [0.4, 0.5) is 0 Å². The van der Waals surface area contributed by atoms with Gasteiger partial charge in [-0.25, -0.2) is 0 Å². The van der Waals surface area contributed by atoms with Crippen LogP contribution in [0.2, 0.25) is 0 Å². The highest BCUT2D eigenvalue weighted by Crippen LogP contribution is 2.26. The first kappa shape index (κ1) is 20.0. The van der Waals surface area contributed by atoms with E-state index < -0.39 is 11.5 Å². The second-order valence-electron chi connectivity index (χ2n) is 6.33. The molecule has 0 fully saturated rings. The predicted molar refractivity (Wildman–Crippen MR) is 105 cm³/mol. The Kier molecular flexibility index (Phi) is 7.21. The monoisotopic (exact) mass is 359 g/mol. The maximum Gasteiger partial charge on any atom is 0.267 e. The number of nitrogens with one attached hydrogen (secondary N) is 1. The van der Waals surface area contributed by atoms with Crippen molar-refractivity contribution in [3.05, 3.63) is 40.2 Å². The number of para-hydroxylation sites is 1. The first-order valence-electron chi connectivity index (χ1n) is 9.40. The summed E-state index contributed by atoms with van der Waals surface area (Å²) in [6.45, 7) is 9.64. The highest BCUT2D eigenvalue weighted by atomic mass is 16.3. The Morgan fingerprint density at radius 2 is 1.88 bits per heavy atom. The minimum Gasteiger partial charge on any atom is -0.506 e. The van der Waals surface area contributed by atoms with Crippen LogP contribution in [0.15, 0.2) is 29.1 Å². The van der Waals surface area contributed by atoms with E-state index in [1.165, 1.54) is 0 Å². The summed E-state index contributed by atoms with van der Waals surface area (Å²) in [4.78, 5) is 27.7. The summed E-state index contributed by atoms with van der Waals surface area (Å²) in [6.07, 6.45) is 1.77. The number of fused-ring (bicyclic) bond motifs is 1. The van der Waals surface area contributed by atoms with Crippen LogP contribution in [0.25, 0.3) is 10.9 Å². The number of carbonyl (C=O) groups excluding carboxylic acids is 1. The molecule has 0 spiro atoms. The number of unbranched alkanes of at least 4 members (excludes halogenated alkanes) is 1. The molecule has 0 bridgehead atoms. The van der Waals surface area contributed by atoms with Crippen molar-refractivity contribution in [2.24, 2.45) is 0 Å². The Morgan fingerprint density at radius 3 is 2.54 bits per heavy atom. The van der Waals surface area contributed by atoms with Gasteiger partial charge in [0.2, 0.25) is 0 Å². The van der Waals surface area contributed by atoms with Crippen LogP contribution in [0.5, 0.6) is 5.75 Å². The summed E-state index contributed by atoms with van der Waals surface area (Å²) < 4.78 is 1.60. The molecule has 0 aliphatic carbocycles. The number of aromatic nitrogens is 1. The van der Waals surface area contributed by atoms with Gasteiger partial charge in [-0.3, -0.25) is 9.59 Å². The lowest BCUT2D eigenvalue weighted by Gasteiger charge is -2.18. The van der Waals surface area contributed by atoms with Crippen molar-refractivity contribution in [2.75, 3.05) is 26.2 Å². The summed E-state index contributed by atoms with van der Waals surface area (Å²) in [7, 11) is 0. The van der Waals surface area contributed by atoms with Crippen LogP contribution in [-0.4, -0.2) is 46.7 Å². The van der Waals surface area contributed by atoms with Gasteiger partial charge < -0.3 is 19.9 Å². The largest absolute Gasteiger partial charge is 0.506 e. The van der Waals surface area contributed by atoms with E-state index in [0.29, 0.717) is 30.5 Å². The van der Waals surface area contributed by atoms with Gasteiger partial charge >= 0.3 is 0 Å². The topological polar surface area (TPSA) is 74.6 Å². The van der Waals surface area contributed by atoms with Crippen molar-refractivity contribution in [2.45, 2.75) is 40.2 Å². The van der Waals surface area contributed by atoms with E-state index >= 15 is 0 Å². The second kappa shape index (κ2) is 9.38. The third-order valence-electron chi connectivity index (χ3n) is 4.72. The highest BCUT2D eigenvalue weighted by Gasteiger charge is 2.21. The summed E-state index contributed by atoms with van der Waals surface area (Å²) in [6, 6.07) is 7.15. The molecule has 1 aromatic heterocycles. The number of rotatable bonds is 9. The number of amides is 1. The van der Waals surface area contributed by atoms with Crippen LogP contribution >= 0.6 is 0 Å². The molecule has 0 aliphatic rings. The molecule has 26 heavy (non-hydrogen) atoms. The Hall–Kier alpha value is -2.34. The number of aryl methyl sites for hydroxylation is 1. The maximum absolute atomic E-state index is 12.9. The third kappa shape index (κ3) is 4.25. The fourth-order valence-electron chi connectivity index (χ4n) is 3.09. The molecular formula is C20H29N3O3. The zero-order valence-corrected chi connectivity index (χ0v) is 15.9. The summed E-state index contributed by atoms with van der Waals surface area (Å²) in [5.41, 5.74) is 0.0532. The zero-order valence-electron chi connectivity index (χ0n) is 15.9. The van der Waals surface area contributed by atoms with Crippen molar-refractivity contribution >= 4 is 16.8 Å². The lowest BCUT2D eigenvalue weighted by Crippen LogP contribution is -2.38. The van der Waals surface area contributed by atoms with Gasteiger partial charge in [-0.15, -0.1) is 0 Å². The minimum atomic E-state index is -0.518. The third-order valence-corrected chi connectivity index (χ3v) is 4.72. The molecule has 1 amide bonds. The van der Waals surface area contributed by atoms with Crippen molar-refractivity contribution in [3.63, 3.8) is 0 Å².